The smallest absolute Gasteiger partial charge is 0.257 e. The number of para-hydroxylation sites is 1. The van der Waals surface area contributed by atoms with Gasteiger partial charge in [-0.2, -0.15) is 0 Å². The number of hydrogen-bond donors (Lipinski definition) is 1. The van der Waals surface area contributed by atoms with Crippen LogP contribution in [0.5, 0.6) is 0 Å². The Morgan fingerprint density at radius 2 is 1.90 bits per heavy atom. The van der Waals surface area contributed by atoms with Crippen LogP contribution in [-0.2, 0) is 4.79 Å². The Morgan fingerprint density at radius 1 is 1.13 bits per heavy atom. The number of nitrogens with zero attached hydrogens (tertiary/aromatic N) is 4. The minimum atomic E-state index is -0.131. The predicted octanol–water partition coefficient (Wildman–Crippen LogP) is 3.02. The molecule has 1 amide bonds. The van der Waals surface area contributed by atoms with Gasteiger partial charge in [-0.1, -0.05) is 19.1 Å². The van der Waals surface area contributed by atoms with Crippen LogP contribution in [0.3, 0.4) is 0 Å². The summed E-state index contributed by atoms with van der Waals surface area (Å²) in [4.78, 5) is 36.2. The van der Waals surface area contributed by atoms with Crippen molar-refractivity contribution in [2.75, 3.05) is 50.0 Å². The quantitative estimate of drug-likeness (QED) is 0.693. The zero-order valence-electron chi connectivity index (χ0n) is 18.3. The minimum Gasteiger partial charge on any atom is -0.321 e. The number of benzene rings is 1. The van der Waals surface area contributed by atoms with E-state index < -0.39 is 0 Å². The number of carbonyl (C=O) groups excluding carboxylic acids is 2. The second-order valence-electron chi connectivity index (χ2n) is 8.65. The topological polar surface area (TPSA) is 68.8 Å². The van der Waals surface area contributed by atoms with Crippen LogP contribution in [0, 0.1) is 5.92 Å². The van der Waals surface area contributed by atoms with Crippen molar-refractivity contribution in [3.63, 3.8) is 0 Å². The van der Waals surface area contributed by atoms with E-state index in [4.69, 9.17) is 0 Å². The zero-order valence-corrected chi connectivity index (χ0v) is 18.3. The van der Waals surface area contributed by atoms with Crippen molar-refractivity contribution in [2.24, 2.45) is 5.92 Å². The van der Waals surface area contributed by atoms with Crippen LogP contribution in [0.25, 0.3) is 0 Å². The molecule has 2 aromatic rings. The third-order valence-corrected chi connectivity index (χ3v) is 6.29. The Hall–Kier alpha value is -2.77. The zero-order chi connectivity index (χ0) is 21.8. The number of rotatable bonds is 7. The van der Waals surface area contributed by atoms with E-state index in [1.807, 2.05) is 43.3 Å². The Kier molecular flexibility index (Phi) is 6.63. The number of fused-ring (bicyclic) bond motifs is 2. The van der Waals surface area contributed by atoms with Crippen molar-refractivity contribution in [3.05, 3.63) is 48.2 Å². The number of amides is 1. The summed E-state index contributed by atoms with van der Waals surface area (Å²) >= 11 is 0. The average Bonchev–Trinajstić information content (AvgIpc) is 2.91. The molecular weight excluding hydrogens is 390 g/mol. The Morgan fingerprint density at radius 3 is 2.68 bits per heavy atom. The van der Waals surface area contributed by atoms with E-state index in [-0.39, 0.29) is 17.9 Å². The molecule has 7 heteroatoms. The van der Waals surface area contributed by atoms with E-state index in [9.17, 15) is 9.59 Å². The highest BCUT2D eigenvalue weighted by Gasteiger charge is 2.32. The molecule has 0 aliphatic carbocycles. The highest BCUT2D eigenvalue weighted by molar-refractivity contribution is 6.12. The monoisotopic (exact) mass is 421 g/mol. The molecule has 4 rings (SSSR count). The molecule has 0 spiro atoms. The molecule has 2 aliphatic rings. The van der Waals surface area contributed by atoms with Gasteiger partial charge in [0.15, 0.2) is 5.82 Å². The summed E-state index contributed by atoms with van der Waals surface area (Å²) in [5.41, 5.74) is 2.18. The molecule has 2 unspecified atom stereocenters. The Labute approximate surface area is 184 Å². The second kappa shape index (κ2) is 9.58. The largest absolute Gasteiger partial charge is 0.321 e. The van der Waals surface area contributed by atoms with E-state index >= 15 is 0 Å². The van der Waals surface area contributed by atoms with Gasteiger partial charge < -0.3 is 24.8 Å². The fourth-order valence-corrected chi connectivity index (χ4v) is 4.48. The van der Waals surface area contributed by atoms with Crippen molar-refractivity contribution in [1.29, 1.82) is 0 Å². The summed E-state index contributed by atoms with van der Waals surface area (Å²) in [7, 11) is 2.16. The van der Waals surface area contributed by atoms with Gasteiger partial charge in [0.2, 0.25) is 0 Å². The van der Waals surface area contributed by atoms with Crippen molar-refractivity contribution < 1.29 is 9.59 Å². The summed E-state index contributed by atoms with van der Waals surface area (Å²) in [6, 6.07) is 11.4. The second-order valence-corrected chi connectivity index (χ2v) is 8.65. The molecule has 1 aromatic carbocycles. The molecule has 2 atom stereocenters. The van der Waals surface area contributed by atoms with E-state index in [1.54, 1.807) is 6.20 Å². The van der Waals surface area contributed by atoms with E-state index in [0.717, 1.165) is 56.9 Å². The maximum absolute atomic E-state index is 12.9. The SMILES string of the molecule is CC(C=O)CC(CCN1CCN(C)CC1)N1c2ccccc2C(=O)Nc2cccnc21. The molecule has 1 N–H and O–H groups in total. The number of aromatic nitrogens is 1. The minimum absolute atomic E-state index is 0.0438. The molecule has 1 aromatic heterocycles. The molecule has 1 fully saturated rings. The summed E-state index contributed by atoms with van der Waals surface area (Å²) < 4.78 is 0. The fraction of sp³-hybridized carbons (Fsp3) is 0.458. The molecule has 3 heterocycles. The van der Waals surface area contributed by atoms with Crippen LogP contribution in [0.15, 0.2) is 42.6 Å². The van der Waals surface area contributed by atoms with E-state index in [1.165, 1.54) is 0 Å². The van der Waals surface area contributed by atoms with Crippen LogP contribution in [-0.4, -0.2) is 72.8 Å². The molecular formula is C24H31N5O2. The molecule has 31 heavy (non-hydrogen) atoms. The molecule has 1 saturated heterocycles. The van der Waals surface area contributed by atoms with Crippen LogP contribution in [0.2, 0.25) is 0 Å². The van der Waals surface area contributed by atoms with Crippen molar-refractivity contribution in [1.82, 2.24) is 14.8 Å². The van der Waals surface area contributed by atoms with Gasteiger partial charge in [0, 0.05) is 50.9 Å². The maximum Gasteiger partial charge on any atom is 0.257 e. The number of nitrogens with one attached hydrogen (secondary N) is 1. The van der Waals surface area contributed by atoms with E-state index in [0.29, 0.717) is 17.7 Å². The fourth-order valence-electron chi connectivity index (χ4n) is 4.48. The first-order chi connectivity index (χ1) is 15.1. The van der Waals surface area contributed by atoms with Gasteiger partial charge in [-0.3, -0.25) is 4.79 Å². The molecule has 2 aliphatic heterocycles. The number of piperazine rings is 1. The predicted molar refractivity (Wildman–Crippen MR) is 123 cm³/mol. The number of likely N-dealkylation sites (N-methyl/N-ethyl adjacent to an activating group) is 1. The van der Waals surface area contributed by atoms with Crippen LogP contribution in [0.1, 0.15) is 30.1 Å². The Balaban J connectivity index is 1.69. The molecule has 0 bridgehead atoms. The van der Waals surface area contributed by atoms with Gasteiger partial charge in [-0.15, -0.1) is 0 Å². The third-order valence-electron chi connectivity index (χ3n) is 6.29. The summed E-state index contributed by atoms with van der Waals surface area (Å²) in [5, 5.41) is 3.01. The lowest BCUT2D eigenvalue weighted by molar-refractivity contribution is -0.110. The van der Waals surface area contributed by atoms with Crippen molar-refractivity contribution >= 4 is 29.4 Å². The van der Waals surface area contributed by atoms with Gasteiger partial charge in [-0.25, -0.2) is 4.98 Å². The molecule has 0 saturated carbocycles. The average molecular weight is 422 g/mol. The number of pyridine rings is 1. The van der Waals surface area contributed by atoms with Gasteiger partial charge in [0.25, 0.3) is 5.91 Å². The van der Waals surface area contributed by atoms with E-state index in [2.05, 4.69) is 32.0 Å². The van der Waals surface area contributed by atoms with Gasteiger partial charge >= 0.3 is 0 Å². The molecule has 164 valence electrons. The normalized spacial score (nSPS) is 19.0. The number of aldehydes is 1. The summed E-state index contributed by atoms with van der Waals surface area (Å²) in [5.74, 6) is 0.527. The number of hydrogen-bond acceptors (Lipinski definition) is 6. The van der Waals surface area contributed by atoms with Crippen LogP contribution in [0.4, 0.5) is 17.2 Å². The number of carbonyl (C=O) groups is 2. The lowest BCUT2D eigenvalue weighted by atomic mass is 9.97. The number of anilines is 3. The lowest BCUT2D eigenvalue weighted by Gasteiger charge is -2.37. The highest BCUT2D eigenvalue weighted by Crippen LogP contribution is 2.39. The van der Waals surface area contributed by atoms with Crippen molar-refractivity contribution in [2.45, 2.75) is 25.8 Å². The van der Waals surface area contributed by atoms with Gasteiger partial charge in [-0.05, 0) is 44.2 Å². The maximum atomic E-state index is 12.9. The van der Waals surface area contributed by atoms with Crippen LogP contribution >= 0.6 is 0 Å². The molecule has 0 radical (unpaired) electrons. The first kappa shape index (κ1) is 21.5. The third kappa shape index (κ3) is 4.78. The van der Waals surface area contributed by atoms with Gasteiger partial charge in [0.05, 0.1) is 16.9 Å². The van der Waals surface area contributed by atoms with Crippen LogP contribution < -0.4 is 10.2 Å². The Bertz CT molecular complexity index is 926. The van der Waals surface area contributed by atoms with Gasteiger partial charge in [0.1, 0.15) is 6.29 Å². The van der Waals surface area contributed by atoms with Crippen molar-refractivity contribution in [3.8, 4) is 0 Å². The standard InChI is InChI=1S/C24H31N5O2/c1-18(17-30)16-19(9-11-28-14-12-27(2)13-15-28)29-22-8-4-3-6-20(22)24(31)26-21-7-5-10-25-23(21)29/h3-8,10,17-19H,9,11-16H2,1-2H3,(H,26,31). The highest BCUT2D eigenvalue weighted by atomic mass is 16.1. The first-order valence-electron chi connectivity index (χ1n) is 11.1. The lowest BCUT2D eigenvalue weighted by Crippen LogP contribution is -2.46. The molecule has 7 nitrogen and oxygen atoms in total. The first-order valence-corrected chi connectivity index (χ1v) is 11.1. The summed E-state index contributed by atoms with van der Waals surface area (Å²) in [6.07, 6.45) is 4.37. The summed E-state index contributed by atoms with van der Waals surface area (Å²) in [6.45, 7) is 7.17.